The zero-order chi connectivity index (χ0) is 17.8. The van der Waals surface area contributed by atoms with Crippen LogP contribution in [0.25, 0.3) is 10.8 Å². The molecule has 25 heavy (non-hydrogen) atoms. The van der Waals surface area contributed by atoms with Crippen molar-refractivity contribution in [2.75, 3.05) is 0 Å². The van der Waals surface area contributed by atoms with E-state index in [-0.39, 0.29) is 0 Å². The van der Waals surface area contributed by atoms with E-state index in [1.807, 2.05) is 30.3 Å². The number of nitrogens with one attached hydrogen (secondary N) is 1. The molecular weight excluding hydrogens is 340 g/mol. The Kier molecular flexibility index (Phi) is 4.86. The fourth-order valence-electron chi connectivity index (χ4n) is 2.55. The molecule has 0 aliphatic rings. The molecule has 3 N–H and O–H groups in total. The number of carbonyl (C=O) groups is 2. The third-order valence-electron chi connectivity index (χ3n) is 3.66. The molecule has 0 unspecified atom stereocenters. The molecule has 3 amide bonds. The van der Waals surface area contributed by atoms with Crippen LogP contribution >= 0.6 is 11.6 Å². The molecule has 3 aromatic carbocycles. The zero-order valence-electron chi connectivity index (χ0n) is 13.1. The summed E-state index contributed by atoms with van der Waals surface area (Å²) in [5, 5.41) is 4.23. The minimum atomic E-state index is -1.03. The predicted molar refractivity (Wildman–Crippen MR) is 96.5 cm³/mol. The number of hydrogen-bond donors (Lipinski definition) is 2. The quantitative estimate of drug-likeness (QED) is 0.747. The summed E-state index contributed by atoms with van der Waals surface area (Å²) >= 11 is 6.22. The van der Waals surface area contributed by atoms with Crippen LogP contribution in [0.1, 0.15) is 11.7 Å². The number of urea groups is 1. The molecule has 0 aromatic heterocycles. The molecule has 3 aromatic rings. The Morgan fingerprint density at radius 3 is 2.24 bits per heavy atom. The van der Waals surface area contributed by atoms with Crippen LogP contribution in [0.2, 0.25) is 5.02 Å². The van der Waals surface area contributed by atoms with E-state index in [9.17, 15) is 9.59 Å². The van der Waals surface area contributed by atoms with Gasteiger partial charge in [0.05, 0.1) is 0 Å². The summed E-state index contributed by atoms with van der Waals surface area (Å²) < 4.78 is 5.95. The fourth-order valence-corrected chi connectivity index (χ4v) is 2.78. The third-order valence-corrected chi connectivity index (χ3v) is 3.99. The molecular formula is C19H15ClN2O3. The Morgan fingerprint density at radius 1 is 0.920 bits per heavy atom. The summed E-state index contributed by atoms with van der Waals surface area (Å²) in [7, 11) is 0. The lowest BCUT2D eigenvalue weighted by Gasteiger charge is -2.19. The van der Waals surface area contributed by atoms with Crippen molar-refractivity contribution < 1.29 is 14.3 Å². The second-order valence-electron chi connectivity index (χ2n) is 5.35. The second-order valence-corrected chi connectivity index (χ2v) is 5.76. The highest BCUT2D eigenvalue weighted by molar-refractivity contribution is 6.35. The van der Waals surface area contributed by atoms with Gasteiger partial charge in [0.25, 0.3) is 5.91 Å². The standard InChI is InChI=1S/C19H15ClN2O3/c20-15-10-11-16(14-9-5-4-8-13(14)15)25-17(18(23)22-19(21)24)12-6-2-1-3-7-12/h1-11,17H,(H3,21,22,23,24)/t17-/m1/s1. The first-order valence-corrected chi connectivity index (χ1v) is 7.93. The molecule has 0 saturated carbocycles. The normalized spacial score (nSPS) is 11.7. The van der Waals surface area contributed by atoms with Crippen molar-refractivity contribution in [1.29, 1.82) is 0 Å². The van der Waals surface area contributed by atoms with Crippen molar-refractivity contribution in [2.24, 2.45) is 5.73 Å². The number of amides is 3. The second kappa shape index (κ2) is 7.23. The zero-order valence-corrected chi connectivity index (χ0v) is 13.9. The summed E-state index contributed by atoms with van der Waals surface area (Å²) in [4.78, 5) is 23.5. The highest BCUT2D eigenvalue weighted by Crippen LogP contribution is 2.34. The van der Waals surface area contributed by atoms with Gasteiger partial charge >= 0.3 is 6.03 Å². The Morgan fingerprint density at radius 2 is 1.56 bits per heavy atom. The smallest absolute Gasteiger partial charge is 0.318 e. The van der Waals surface area contributed by atoms with Crippen molar-refractivity contribution in [3.8, 4) is 5.75 Å². The SMILES string of the molecule is NC(=O)NC(=O)[C@H](Oc1ccc(Cl)c2ccccc12)c1ccccc1. The van der Waals surface area contributed by atoms with Crippen LogP contribution in [0, 0.1) is 0 Å². The van der Waals surface area contributed by atoms with Crippen LogP contribution in [0.5, 0.6) is 5.75 Å². The summed E-state index contributed by atoms with van der Waals surface area (Å²) in [5.41, 5.74) is 5.67. The first-order chi connectivity index (χ1) is 12.1. The van der Waals surface area contributed by atoms with Crippen molar-refractivity contribution in [3.63, 3.8) is 0 Å². The van der Waals surface area contributed by atoms with Crippen LogP contribution in [-0.2, 0) is 4.79 Å². The Labute approximate surface area is 149 Å². The summed E-state index contributed by atoms with van der Waals surface area (Å²) in [5.74, 6) is -0.161. The maximum atomic E-state index is 12.4. The average Bonchev–Trinajstić information content (AvgIpc) is 2.61. The lowest BCUT2D eigenvalue weighted by Crippen LogP contribution is -2.40. The van der Waals surface area contributed by atoms with Crippen molar-refractivity contribution in [1.82, 2.24) is 5.32 Å². The third kappa shape index (κ3) is 3.72. The van der Waals surface area contributed by atoms with E-state index in [1.165, 1.54) is 0 Å². The Balaban J connectivity index is 2.03. The van der Waals surface area contributed by atoms with Gasteiger partial charge in [0.2, 0.25) is 6.10 Å². The van der Waals surface area contributed by atoms with E-state index in [0.29, 0.717) is 16.3 Å². The van der Waals surface area contributed by atoms with Gasteiger partial charge in [0.15, 0.2) is 0 Å². The van der Waals surface area contributed by atoms with E-state index in [1.54, 1.807) is 36.4 Å². The van der Waals surface area contributed by atoms with Gasteiger partial charge in [-0.05, 0) is 12.1 Å². The number of halogens is 1. The maximum Gasteiger partial charge on any atom is 0.318 e. The average molecular weight is 355 g/mol. The molecule has 5 nitrogen and oxygen atoms in total. The Bertz CT molecular complexity index is 928. The van der Waals surface area contributed by atoms with Gasteiger partial charge in [-0.3, -0.25) is 10.1 Å². The molecule has 0 aliphatic heterocycles. The van der Waals surface area contributed by atoms with Gasteiger partial charge < -0.3 is 10.5 Å². The molecule has 3 rings (SSSR count). The molecule has 0 bridgehead atoms. The lowest BCUT2D eigenvalue weighted by atomic mass is 10.1. The van der Waals surface area contributed by atoms with Gasteiger partial charge in [-0.15, -0.1) is 0 Å². The van der Waals surface area contributed by atoms with Crippen LogP contribution in [0.4, 0.5) is 4.79 Å². The number of primary amides is 1. The molecule has 1 atom stereocenters. The van der Waals surface area contributed by atoms with Gasteiger partial charge in [-0.1, -0.05) is 66.2 Å². The monoisotopic (exact) mass is 354 g/mol. The minimum absolute atomic E-state index is 0.480. The lowest BCUT2D eigenvalue weighted by molar-refractivity contribution is -0.127. The van der Waals surface area contributed by atoms with E-state index < -0.39 is 18.0 Å². The predicted octanol–water partition coefficient (Wildman–Crippen LogP) is 3.81. The van der Waals surface area contributed by atoms with Gasteiger partial charge in [-0.25, -0.2) is 4.79 Å². The largest absolute Gasteiger partial charge is 0.475 e. The fraction of sp³-hybridized carbons (Fsp3) is 0.0526. The van der Waals surface area contributed by atoms with Crippen molar-refractivity contribution in [2.45, 2.75) is 6.10 Å². The highest BCUT2D eigenvalue weighted by Gasteiger charge is 2.24. The van der Waals surface area contributed by atoms with Crippen LogP contribution in [0.3, 0.4) is 0 Å². The number of benzene rings is 3. The number of carbonyl (C=O) groups excluding carboxylic acids is 2. The van der Waals surface area contributed by atoms with E-state index >= 15 is 0 Å². The molecule has 0 spiro atoms. The number of imide groups is 1. The van der Waals surface area contributed by atoms with E-state index in [0.717, 1.165) is 10.8 Å². The molecule has 6 heteroatoms. The van der Waals surface area contributed by atoms with Gasteiger partial charge in [0.1, 0.15) is 5.75 Å². The molecule has 0 radical (unpaired) electrons. The first kappa shape index (κ1) is 16.8. The highest BCUT2D eigenvalue weighted by atomic mass is 35.5. The minimum Gasteiger partial charge on any atom is -0.475 e. The maximum absolute atomic E-state index is 12.4. The number of nitrogens with two attached hydrogens (primary N) is 1. The van der Waals surface area contributed by atoms with Crippen LogP contribution < -0.4 is 15.8 Å². The molecule has 126 valence electrons. The first-order valence-electron chi connectivity index (χ1n) is 7.55. The summed E-state index contributed by atoms with van der Waals surface area (Å²) in [6.45, 7) is 0. The summed E-state index contributed by atoms with van der Waals surface area (Å²) in [6, 6.07) is 18.8. The van der Waals surface area contributed by atoms with Gasteiger partial charge in [-0.2, -0.15) is 0 Å². The van der Waals surface area contributed by atoms with Crippen molar-refractivity contribution in [3.05, 3.63) is 77.3 Å². The molecule has 0 aliphatic carbocycles. The van der Waals surface area contributed by atoms with Gasteiger partial charge in [0, 0.05) is 21.4 Å². The van der Waals surface area contributed by atoms with Crippen LogP contribution in [-0.4, -0.2) is 11.9 Å². The van der Waals surface area contributed by atoms with E-state index in [2.05, 4.69) is 5.32 Å². The van der Waals surface area contributed by atoms with Crippen LogP contribution in [0.15, 0.2) is 66.7 Å². The molecule has 0 fully saturated rings. The van der Waals surface area contributed by atoms with Crippen molar-refractivity contribution >= 4 is 34.3 Å². The molecule has 0 saturated heterocycles. The number of hydrogen-bond acceptors (Lipinski definition) is 3. The number of fused-ring (bicyclic) bond motifs is 1. The number of rotatable bonds is 4. The van der Waals surface area contributed by atoms with E-state index in [4.69, 9.17) is 22.1 Å². The summed E-state index contributed by atoms with van der Waals surface area (Å²) in [6.07, 6.45) is -1.03. The Hall–Kier alpha value is -3.05. The molecule has 0 heterocycles. The number of ether oxygens (including phenoxy) is 1. The topological polar surface area (TPSA) is 81.4 Å².